The van der Waals surface area contributed by atoms with Crippen LogP contribution in [0.1, 0.15) is 22.6 Å². The third kappa shape index (κ3) is 3.77. The van der Waals surface area contributed by atoms with Crippen LogP contribution < -0.4 is 0 Å². The zero-order chi connectivity index (χ0) is 25.5. The molecule has 0 N–H and O–H groups in total. The van der Waals surface area contributed by atoms with Gasteiger partial charge in [-0.1, -0.05) is 109 Å². The van der Waals surface area contributed by atoms with Crippen LogP contribution in [-0.4, -0.2) is 9.55 Å². The normalized spacial score (nSPS) is 17.6. The van der Waals surface area contributed by atoms with Crippen LogP contribution in [0.15, 0.2) is 134 Å². The van der Waals surface area contributed by atoms with Crippen LogP contribution in [0.4, 0.5) is 0 Å². The summed E-state index contributed by atoms with van der Waals surface area (Å²) in [6.07, 6.45) is 17.6. The lowest BCUT2D eigenvalue weighted by Gasteiger charge is -2.34. The zero-order valence-corrected chi connectivity index (χ0v) is 21.3. The van der Waals surface area contributed by atoms with Crippen LogP contribution in [0.2, 0.25) is 0 Å². The van der Waals surface area contributed by atoms with E-state index in [0.717, 1.165) is 11.3 Å². The summed E-state index contributed by atoms with van der Waals surface area (Å²) in [5, 5.41) is 5.13. The molecule has 1 heterocycles. The van der Waals surface area contributed by atoms with E-state index >= 15 is 0 Å². The summed E-state index contributed by atoms with van der Waals surface area (Å²) in [5.74, 6) is 0.601. The molecule has 1 aromatic heterocycles. The van der Waals surface area contributed by atoms with Gasteiger partial charge >= 0.3 is 0 Å². The fourth-order valence-corrected chi connectivity index (χ4v) is 6.12. The summed E-state index contributed by atoms with van der Waals surface area (Å²) < 4.78 is 2.06. The Balaban J connectivity index is 1.47. The SMILES string of the molecule is Cn1cccccnc(-c2ccc(C3=Cc4ccc5ccccc5c4C4C=CC=CC34)c3ccccc23)c1. The topological polar surface area (TPSA) is 17.8 Å². The van der Waals surface area contributed by atoms with Crippen molar-refractivity contribution in [3.63, 3.8) is 0 Å². The highest BCUT2D eigenvalue weighted by Crippen LogP contribution is 2.49. The molecule has 4 aromatic carbocycles. The number of allylic oxidation sites excluding steroid dienone is 5. The van der Waals surface area contributed by atoms with Gasteiger partial charge in [-0.05, 0) is 55.9 Å². The molecule has 2 nitrogen and oxygen atoms in total. The van der Waals surface area contributed by atoms with Gasteiger partial charge < -0.3 is 4.57 Å². The van der Waals surface area contributed by atoms with Gasteiger partial charge in [0.1, 0.15) is 0 Å². The van der Waals surface area contributed by atoms with Gasteiger partial charge in [0.25, 0.3) is 0 Å². The summed E-state index contributed by atoms with van der Waals surface area (Å²) >= 11 is 0. The Morgan fingerprint density at radius 3 is 2.26 bits per heavy atom. The number of benzene rings is 4. The first kappa shape index (κ1) is 22.5. The molecule has 0 saturated carbocycles. The van der Waals surface area contributed by atoms with Crippen LogP contribution in [0.5, 0.6) is 0 Å². The highest BCUT2D eigenvalue weighted by molar-refractivity contribution is 6.06. The molecule has 0 fully saturated rings. The van der Waals surface area contributed by atoms with Crippen molar-refractivity contribution in [1.82, 2.24) is 9.55 Å². The molecular weight excluding hydrogens is 460 g/mol. The Bertz CT molecular complexity index is 1850. The van der Waals surface area contributed by atoms with Gasteiger partial charge in [-0.2, -0.15) is 0 Å². The van der Waals surface area contributed by atoms with Crippen LogP contribution >= 0.6 is 0 Å². The number of aryl methyl sites for hydroxylation is 1. The molecule has 2 heteroatoms. The summed E-state index contributed by atoms with van der Waals surface area (Å²) in [5.41, 5.74) is 7.49. The maximum atomic E-state index is 4.81. The quantitative estimate of drug-likeness (QED) is 0.243. The number of fused-ring (bicyclic) bond motifs is 6. The third-order valence-electron chi connectivity index (χ3n) is 7.82. The first-order valence-corrected chi connectivity index (χ1v) is 13.2. The fourth-order valence-electron chi connectivity index (χ4n) is 6.12. The lowest BCUT2D eigenvalue weighted by atomic mass is 9.69. The van der Waals surface area contributed by atoms with Gasteiger partial charge in [0.05, 0.1) is 5.69 Å². The molecule has 2 atom stereocenters. The number of hydrogen-bond acceptors (Lipinski definition) is 1. The summed E-state index contributed by atoms with van der Waals surface area (Å²) in [7, 11) is 2.04. The second kappa shape index (κ2) is 9.32. The molecule has 2 aliphatic rings. The number of aromatic nitrogens is 2. The molecule has 0 bridgehead atoms. The van der Waals surface area contributed by atoms with E-state index < -0.39 is 0 Å². The van der Waals surface area contributed by atoms with Crippen molar-refractivity contribution in [3.05, 3.63) is 151 Å². The Labute approximate surface area is 223 Å². The van der Waals surface area contributed by atoms with Gasteiger partial charge in [-0.3, -0.25) is 4.98 Å². The average Bonchev–Trinajstić information content (AvgIpc) is 3.07. The monoisotopic (exact) mass is 488 g/mol. The minimum absolute atomic E-state index is 0.288. The lowest BCUT2D eigenvalue weighted by Crippen LogP contribution is -2.18. The first-order chi connectivity index (χ1) is 18.8. The highest BCUT2D eigenvalue weighted by atomic mass is 14.9. The molecule has 182 valence electrons. The van der Waals surface area contributed by atoms with Crippen LogP contribution in [0.25, 0.3) is 44.5 Å². The smallest absolute Gasteiger partial charge is 0.0869 e. The molecule has 38 heavy (non-hydrogen) atoms. The Morgan fingerprint density at radius 1 is 0.658 bits per heavy atom. The van der Waals surface area contributed by atoms with Gasteiger partial charge in [0.15, 0.2) is 0 Å². The molecule has 0 saturated heterocycles. The van der Waals surface area contributed by atoms with Gasteiger partial charge in [-0.25, -0.2) is 0 Å². The molecular formula is C36H28N2. The number of rotatable bonds is 2. The Kier molecular flexibility index (Phi) is 5.52. The average molecular weight is 489 g/mol. The molecule has 0 aliphatic heterocycles. The molecule has 2 unspecified atom stereocenters. The molecule has 0 spiro atoms. The first-order valence-electron chi connectivity index (χ1n) is 13.2. The fraction of sp³-hybridized carbons (Fsp3) is 0.0833. The van der Waals surface area contributed by atoms with Crippen molar-refractivity contribution < 1.29 is 0 Å². The van der Waals surface area contributed by atoms with E-state index in [1.54, 1.807) is 0 Å². The van der Waals surface area contributed by atoms with Crippen molar-refractivity contribution in [2.75, 3.05) is 0 Å². The van der Waals surface area contributed by atoms with Crippen LogP contribution in [0.3, 0.4) is 0 Å². The number of nitrogens with zero attached hydrogens (tertiary/aromatic N) is 2. The number of hydrogen-bond donors (Lipinski definition) is 0. The second-order valence-corrected chi connectivity index (χ2v) is 10.1. The lowest BCUT2D eigenvalue weighted by molar-refractivity contribution is 0.715. The van der Waals surface area contributed by atoms with Crippen molar-refractivity contribution in [2.24, 2.45) is 13.0 Å². The largest absolute Gasteiger partial charge is 0.355 e. The predicted octanol–water partition coefficient (Wildman–Crippen LogP) is 8.90. The van der Waals surface area contributed by atoms with E-state index in [0.29, 0.717) is 5.92 Å². The Hall–Kier alpha value is -4.69. The van der Waals surface area contributed by atoms with E-state index in [1.165, 1.54) is 43.8 Å². The molecule has 0 amide bonds. The maximum absolute atomic E-state index is 4.81. The van der Waals surface area contributed by atoms with Gasteiger partial charge in [-0.15, -0.1) is 0 Å². The van der Waals surface area contributed by atoms with E-state index in [9.17, 15) is 0 Å². The van der Waals surface area contributed by atoms with Gasteiger partial charge in [0.2, 0.25) is 0 Å². The van der Waals surface area contributed by atoms with E-state index in [4.69, 9.17) is 4.98 Å². The van der Waals surface area contributed by atoms with Crippen LogP contribution in [-0.2, 0) is 7.05 Å². The molecule has 2 aliphatic carbocycles. The predicted molar refractivity (Wildman–Crippen MR) is 160 cm³/mol. The van der Waals surface area contributed by atoms with Crippen molar-refractivity contribution >= 4 is 33.2 Å². The zero-order valence-electron chi connectivity index (χ0n) is 21.3. The van der Waals surface area contributed by atoms with E-state index in [1.807, 2.05) is 37.6 Å². The third-order valence-corrected chi connectivity index (χ3v) is 7.82. The minimum atomic E-state index is 0.288. The second-order valence-electron chi connectivity index (χ2n) is 10.1. The minimum Gasteiger partial charge on any atom is -0.355 e. The standard InChI is InChI=1S/C36H28N2/c1-38-22-10-2-9-21-37-35(24-38)32-20-19-31(28-13-5-6-14-29(28)32)34-23-26-18-17-25-11-3-4-12-27(25)36(26)33-16-8-7-15-30(33)34/h2-24,30,33H,1H3. The molecule has 7 rings (SSSR count). The maximum Gasteiger partial charge on any atom is 0.0869 e. The summed E-state index contributed by atoms with van der Waals surface area (Å²) in [6, 6.07) is 32.6. The molecule has 5 aromatic rings. The van der Waals surface area contributed by atoms with E-state index in [2.05, 4.69) is 114 Å². The highest BCUT2D eigenvalue weighted by Gasteiger charge is 2.32. The summed E-state index contributed by atoms with van der Waals surface area (Å²) in [4.78, 5) is 4.81. The van der Waals surface area contributed by atoms with Crippen molar-refractivity contribution in [3.8, 4) is 11.3 Å². The Morgan fingerprint density at radius 2 is 1.39 bits per heavy atom. The van der Waals surface area contributed by atoms with Crippen molar-refractivity contribution in [2.45, 2.75) is 5.92 Å². The van der Waals surface area contributed by atoms with E-state index in [-0.39, 0.29) is 5.92 Å². The molecule has 0 radical (unpaired) electrons. The van der Waals surface area contributed by atoms with Crippen molar-refractivity contribution in [1.29, 1.82) is 0 Å². The van der Waals surface area contributed by atoms with Gasteiger partial charge in [0, 0.05) is 43.0 Å². The van der Waals surface area contributed by atoms with Crippen LogP contribution in [0, 0.1) is 5.92 Å². The summed E-state index contributed by atoms with van der Waals surface area (Å²) in [6.45, 7) is 0.